The summed E-state index contributed by atoms with van der Waals surface area (Å²) in [5.41, 5.74) is 12.8. The minimum Gasteiger partial charge on any atom is -0.481 e. The van der Waals surface area contributed by atoms with E-state index in [2.05, 4.69) is 79.8 Å². The maximum atomic E-state index is 14.4. The Balaban J connectivity index is 1.50. The van der Waals surface area contributed by atoms with Crippen LogP contribution in [0.15, 0.2) is 60.7 Å². The van der Waals surface area contributed by atoms with Crippen molar-refractivity contribution < 1.29 is 106 Å². The second-order valence-electron chi connectivity index (χ2n) is 26.1. The molecule has 40 nitrogen and oxygen atoms in total. The summed E-state index contributed by atoms with van der Waals surface area (Å²) in [7, 11) is 0. The van der Waals surface area contributed by atoms with Gasteiger partial charge in [-0.1, -0.05) is 94.8 Å². The van der Waals surface area contributed by atoms with Crippen LogP contribution in [0.5, 0.6) is 0 Å². The molecule has 0 bridgehead atoms. The van der Waals surface area contributed by atoms with E-state index in [1.807, 2.05) is 0 Å². The second kappa shape index (κ2) is 48.5. The van der Waals surface area contributed by atoms with Crippen LogP contribution in [0.3, 0.4) is 0 Å². The number of nitrogens with zero attached hydrogens (tertiary/aromatic N) is 1. The summed E-state index contributed by atoms with van der Waals surface area (Å²) >= 11 is 0. The topological polar surface area (TPSA) is 621 Å². The van der Waals surface area contributed by atoms with E-state index in [1.165, 1.54) is 11.8 Å². The lowest BCUT2D eigenvalue weighted by Crippen LogP contribution is -2.59. The van der Waals surface area contributed by atoms with Crippen LogP contribution in [0.1, 0.15) is 110 Å². The molecule has 1 aliphatic heterocycles. The number of aliphatic carboxylic acids is 3. The number of hydrogen-bond acceptors (Lipinski definition) is 21. The fourth-order valence-electron chi connectivity index (χ4n) is 10.6. The van der Waals surface area contributed by atoms with Gasteiger partial charge in [-0.2, -0.15) is 0 Å². The van der Waals surface area contributed by atoms with Crippen LogP contribution in [0.4, 0.5) is 0 Å². The molecule has 1 heterocycles. The highest BCUT2D eigenvalue weighted by atomic mass is 16.4. The predicted octanol–water partition coefficient (Wildman–Crippen LogP) is -7.22. The van der Waals surface area contributed by atoms with Crippen molar-refractivity contribution in [1.29, 1.82) is 0 Å². The molecule has 0 spiro atoms. The van der Waals surface area contributed by atoms with E-state index in [0.717, 1.165) is 5.56 Å². The maximum absolute atomic E-state index is 14.4. The Morgan fingerprint density at radius 3 is 1.40 bits per heavy atom. The van der Waals surface area contributed by atoms with Gasteiger partial charge in [0.1, 0.15) is 48.3 Å². The van der Waals surface area contributed by atoms with Crippen LogP contribution in [-0.2, 0) is 104 Å². The van der Waals surface area contributed by atoms with Crippen molar-refractivity contribution in [3.05, 3.63) is 71.8 Å². The van der Waals surface area contributed by atoms with Gasteiger partial charge in [0.15, 0.2) is 0 Å². The summed E-state index contributed by atoms with van der Waals surface area (Å²) in [5, 5.41) is 63.5. The number of likely N-dealkylation sites (tertiary alicyclic amines) is 1. The quantitative estimate of drug-likeness (QED) is 0.0274. The first-order valence-corrected chi connectivity index (χ1v) is 35.4. The third-order valence-electron chi connectivity index (χ3n) is 16.7. The van der Waals surface area contributed by atoms with Gasteiger partial charge in [0.25, 0.3) is 0 Å². The number of hydrogen-bond donors (Lipinski definition) is 20. The first kappa shape index (κ1) is 91.5. The standard InChI is InChI=1S/C69H102N18O22/c1-6-39(4)60(67(106)85-48(26-38(2)3)68(107)87-25-15-21-49(87)66(105)80-40(5)61(100)76-36-56(94)81-44(22-23-58(96)97)65(104)84-45(69(108)109)20-13-14-24-70)86-57(95)37-79-64(103)47(29-59(98)99)83-55(93)35-75-51(89)31-73-53(91)33-78-63(102)46(28-42-18-11-8-12-19-42)82-54(92)34-74-50(88)30-72-52(90)32-77-62(101)43(71)27-41-16-9-7-10-17-41/h7-12,16-19,38-40,43-49,60H,6,13-15,20-37,70-71H2,1-5H3,(H,72,90)(H,73,91)(H,74,88)(H,75,89)(H,76,100)(H,77,101)(H,78,102)(H,79,103)(H,80,105)(H,81,94)(H,82,92)(H,83,93)(H,84,104)(H,85,106)(H,86,95)(H,96,97)(H,98,99)(H,108,109)/t39-,40-,43-,44-,45-,46-,47-,48-,49-,60-/m0/s1. The van der Waals surface area contributed by atoms with Crippen LogP contribution in [0.25, 0.3) is 0 Å². The molecule has 0 radical (unpaired) electrons. The Kier molecular flexibility index (Phi) is 40.7. The average Bonchev–Trinajstić information content (AvgIpc) is 1.67. The van der Waals surface area contributed by atoms with Gasteiger partial charge in [-0.15, -0.1) is 0 Å². The number of carbonyl (C=O) groups is 19. The lowest BCUT2D eigenvalue weighted by atomic mass is 9.96. The number of rotatable bonds is 49. The summed E-state index contributed by atoms with van der Waals surface area (Å²) in [6.45, 7) is 2.78. The molecular formula is C69H102N18O22. The van der Waals surface area contributed by atoms with Crippen LogP contribution in [0, 0.1) is 11.8 Å². The van der Waals surface area contributed by atoms with Crippen LogP contribution in [-0.4, -0.2) is 252 Å². The Labute approximate surface area is 627 Å². The largest absolute Gasteiger partial charge is 0.481 e. The van der Waals surface area contributed by atoms with Crippen molar-refractivity contribution in [3.8, 4) is 0 Å². The van der Waals surface area contributed by atoms with E-state index in [-0.39, 0.29) is 51.1 Å². The van der Waals surface area contributed by atoms with E-state index in [4.69, 9.17) is 11.5 Å². The van der Waals surface area contributed by atoms with E-state index in [1.54, 1.807) is 88.4 Å². The molecule has 3 rings (SSSR count). The lowest BCUT2D eigenvalue weighted by Gasteiger charge is -2.32. The highest BCUT2D eigenvalue weighted by Crippen LogP contribution is 2.22. The maximum Gasteiger partial charge on any atom is 0.326 e. The number of amides is 16. The Morgan fingerprint density at radius 1 is 0.459 bits per heavy atom. The summed E-state index contributed by atoms with van der Waals surface area (Å²) in [4.78, 5) is 246. The summed E-state index contributed by atoms with van der Waals surface area (Å²) in [5.74, 6) is -19.1. The van der Waals surface area contributed by atoms with Gasteiger partial charge in [0.2, 0.25) is 94.5 Å². The van der Waals surface area contributed by atoms with Crippen LogP contribution >= 0.6 is 0 Å². The second-order valence-corrected chi connectivity index (χ2v) is 26.1. The van der Waals surface area contributed by atoms with E-state index >= 15 is 0 Å². The molecule has 0 unspecified atom stereocenters. The van der Waals surface area contributed by atoms with Gasteiger partial charge >= 0.3 is 17.9 Å². The molecule has 16 amide bonds. The predicted molar refractivity (Wildman–Crippen MR) is 385 cm³/mol. The number of benzene rings is 2. The molecule has 1 saturated heterocycles. The molecule has 10 atom stereocenters. The fourth-order valence-corrected chi connectivity index (χ4v) is 10.6. The van der Waals surface area contributed by atoms with Crippen LogP contribution < -0.4 is 91.2 Å². The molecule has 0 aliphatic carbocycles. The lowest BCUT2D eigenvalue weighted by molar-refractivity contribution is -0.143. The molecule has 0 saturated carbocycles. The normalized spacial score (nSPS) is 14.7. The summed E-state index contributed by atoms with van der Waals surface area (Å²) in [6, 6.07) is 5.31. The Hall–Kier alpha value is -11.7. The first-order valence-electron chi connectivity index (χ1n) is 35.4. The van der Waals surface area contributed by atoms with Crippen molar-refractivity contribution in [2.45, 2.75) is 166 Å². The SMILES string of the molecule is CC[C@H](C)[C@H](NC(=O)CNC(=O)[C@H](CC(=O)O)NC(=O)CNC(=O)CNC(=O)CNC(=O)[C@H](Cc1ccccc1)NC(=O)CNC(=O)CNC(=O)CNC(=O)[C@@H](N)Cc1ccccc1)C(=O)N[C@@H](CC(C)C)C(=O)N1CCC[C@H]1C(=O)N[C@@H](C)C(=O)NCC(=O)N[C@@H](CCC(=O)O)C(=O)N[C@@H](CCCCN)C(=O)O. The van der Waals surface area contributed by atoms with Crippen molar-refractivity contribution in [2.75, 3.05) is 65.4 Å². The van der Waals surface area contributed by atoms with Gasteiger partial charge in [-0.25, -0.2) is 4.79 Å². The molecular weight excluding hydrogens is 1430 g/mol. The molecule has 2 aromatic rings. The summed E-state index contributed by atoms with van der Waals surface area (Å²) < 4.78 is 0. The van der Waals surface area contributed by atoms with Gasteiger partial charge < -0.3 is 111 Å². The molecule has 40 heteroatoms. The van der Waals surface area contributed by atoms with Crippen molar-refractivity contribution in [1.82, 2.24) is 84.7 Å². The minimum atomic E-state index is -1.83. The Bertz CT molecular complexity index is 3510. The number of carboxylic acids is 3. The van der Waals surface area contributed by atoms with E-state index < -0.39 is 244 Å². The van der Waals surface area contributed by atoms with Gasteiger partial charge in [0, 0.05) is 19.4 Å². The average molecular weight is 1540 g/mol. The van der Waals surface area contributed by atoms with E-state index in [0.29, 0.717) is 31.2 Å². The van der Waals surface area contributed by atoms with E-state index in [9.17, 15) is 106 Å². The molecule has 22 N–H and O–H groups in total. The zero-order valence-corrected chi connectivity index (χ0v) is 61.4. The third kappa shape index (κ3) is 36.0. The van der Waals surface area contributed by atoms with Crippen molar-refractivity contribution in [3.63, 3.8) is 0 Å². The van der Waals surface area contributed by atoms with Gasteiger partial charge in [0.05, 0.1) is 64.8 Å². The number of carbonyl (C=O) groups excluding carboxylic acids is 16. The minimum absolute atomic E-state index is 0.00498. The monoisotopic (exact) mass is 1530 g/mol. The first-order chi connectivity index (χ1) is 51.6. The van der Waals surface area contributed by atoms with Crippen molar-refractivity contribution in [2.24, 2.45) is 23.3 Å². The van der Waals surface area contributed by atoms with Crippen LogP contribution in [0.2, 0.25) is 0 Å². The number of carboxylic acid groups (broad SMARTS) is 3. The highest BCUT2D eigenvalue weighted by Gasteiger charge is 2.40. The zero-order chi connectivity index (χ0) is 81.3. The van der Waals surface area contributed by atoms with Gasteiger partial charge in [-0.05, 0) is 87.8 Å². The number of nitrogens with two attached hydrogens (primary N) is 2. The third-order valence-corrected chi connectivity index (χ3v) is 16.7. The van der Waals surface area contributed by atoms with Crippen molar-refractivity contribution >= 4 is 112 Å². The highest BCUT2D eigenvalue weighted by molar-refractivity contribution is 5.99. The smallest absolute Gasteiger partial charge is 0.326 e. The molecule has 1 fully saturated rings. The fraction of sp³-hybridized carbons (Fsp3) is 0.551. The summed E-state index contributed by atoms with van der Waals surface area (Å²) in [6.07, 6.45) is -0.261. The molecule has 0 aromatic heterocycles. The zero-order valence-electron chi connectivity index (χ0n) is 61.4. The molecule has 109 heavy (non-hydrogen) atoms. The Morgan fingerprint density at radius 2 is 0.908 bits per heavy atom. The number of nitrogens with one attached hydrogen (secondary N) is 15. The van der Waals surface area contributed by atoms with Gasteiger partial charge in [-0.3, -0.25) is 86.3 Å². The molecule has 1 aliphatic rings. The molecule has 600 valence electrons. The number of unbranched alkanes of at least 4 members (excludes halogenated alkanes) is 1. The molecule has 2 aromatic carbocycles.